The van der Waals surface area contributed by atoms with Crippen LogP contribution in [0.1, 0.15) is 57.6 Å². The Morgan fingerprint density at radius 1 is 1.22 bits per heavy atom. The number of carbonyl (C=O) groups excluding carboxylic acids is 1. The van der Waals surface area contributed by atoms with E-state index in [4.69, 9.17) is 14.0 Å². The van der Waals surface area contributed by atoms with Gasteiger partial charge in [0.25, 0.3) is 15.8 Å². The molecule has 0 heterocycles. The van der Waals surface area contributed by atoms with Gasteiger partial charge in [0.05, 0.1) is 36.0 Å². The third kappa shape index (κ3) is 10.2. The number of methoxy groups -OCH3 is 1. The number of nitrogens with one attached hydrogen (secondary N) is 2. The van der Waals surface area contributed by atoms with Crippen LogP contribution < -0.4 is 20.1 Å². The molecule has 1 aromatic rings. The lowest BCUT2D eigenvalue weighted by atomic mass is 10.0. The number of benzene rings is 1. The highest BCUT2D eigenvalue weighted by molar-refractivity contribution is 7.85. The second-order valence-corrected chi connectivity index (χ2v) is 8.86. The first-order valence-electron chi connectivity index (χ1n) is 10.5. The fourth-order valence-electron chi connectivity index (χ4n) is 2.95. The van der Waals surface area contributed by atoms with Gasteiger partial charge in [0.15, 0.2) is 11.5 Å². The normalized spacial score (nSPS) is 12.2. The molecule has 0 radical (unpaired) electrons. The second-order valence-electron chi connectivity index (χ2n) is 7.29. The first kappa shape index (κ1) is 27.6. The minimum absolute atomic E-state index is 0.0692. The number of carbonyl (C=O) groups is 1. The molecule has 0 aliphatic heterocycles. The Morgan fingerprint density at radius 2 is 1.94 bits per heavy atom. The average molecular weight is 476 g/mol. The SMILES string of the molecule is CCCNC(=O)CCCOc1cc([N+](=O)[O-])c(C(C)NCCCCS(=O)(=O)O)cc1OC. The van der Waals surface area contributed by atoms with Crippen LogP contribution in [-0.4, -0.2) is 56.4 Å². The van der Waals surface area contributed by atoms with Gasteiger partial charge in [-0.25, -0.2) is 0 Å². The summed E-state index contributed by atoms with van der Waals surface area (Å²) in [6.45, 7) is 4.95. The molecule has 0 saturated heterocycles. The predicted octanol–water partition coefficient (Wildman–Crippen LogP) is 2.61. The zero-order valence-corrected chi connectivity index (χ0v) is 19.6. The molecule has 1 unspecified atom stereocenters. The van der Waals surface area contributed by atoms with Gasteiger partial charge < -0.3 is 20.1 Å². The van der Waals surface area contributed by atoms with Gasteiger partial charge in [-0.05, 0) is 45.2 Å². The van der Waals surface area contributed by atoms with Crippen molar-refractivity contribution in [1.29, 1.82) is 0 Å². The second kappa shape index (κ2) is 13.9. The molecule has 0 saturated carbocycles. The monoisotopic (exact) mass is 475 g/mol. The third-order valence-electron chi connectivity index (χ3n) is 4.63. The van der Waals surface area contributed by atoms with E-state index in [9.17, 15) is 23.3 Å². The van der Waals surface area contributed by atoms with E-state index < -0.39 is 21.1 Å². The van der Waals surface area contributed by atoms with Crippen LogP contribution in [-0.2, 0) is 14.9 Å². The number of nitro groups is 1. The van der Waals surface area contributed by atoms with Crippen molar-refractivity contribution in [2.75, 3.05) is 32.6 Å². The lowest BCUT2D eigenvalue weighted by molar-refractivity contribution is -0.385. The van der Waals surface area contributed by atoms with Crippen molar-refractivity contribution in [2.45, 2.75) is 52.0 Å². The van der Waals surface area contributed by atoms with E-state index >= 15 is 0 Å². The molecule has 0 aromatic heterocycles. The molecule has 1 aromatic carbocycles. The minimum Gasteiger partial charge on any atom is -0.493 e. The molecule has 0 bridgehead atoms. The van der Waals surface area contributed by atoms with Gasteiger partial charge in [0.1, 0.15) is 0 Å². The highest BCUT2D eigenvalue weighted by Crippen LogP contribution is 2.37. The van der Waals surface area contributed by atoms with Crippen molar-refractivity contribution in [2.24, 2.45) is 0 Å². The van der Waals surface area contributed by atoms with Crippen LogP contribution in [0.4, 0.5) is 5.69 Å². The maximum absolute atomic E-state index is 11.6. The molecular formula is C20H33N3O8S. The van der Waals surface area contributed by atoms with E-state index in [1.165, 1.54) is 19.2 Å². The number of nitro benzene ring substituents is 1. The van der Waals surface area contributed by atoms with Crippen LogP contribution in [0.2, 0.25) is 0 Å². The predicted molar refractivity (Wildman–Crippen MR) is 120 cm³/mol. The summed E-state index contributed by atoms with van der Waals surface area (Å²) in [6, 6.07) is 2.44. The van der Waals surface area contributed by atoms with Crippen molar-refractivity contribution in [3.8, 4) is 11.5 Å². The van der Waals surface area contributed by atoms with E-state index in [2.05, 4.69) is 10.6 Å². The first-order valence-corrected chi connectivity index (χ1v) is 12.1. The molecule has 32 heavy (non-hydrogen) atoms. The molecule has 3 N–H and O–H groups in total. The molecule has 0 spiro atoms. The third-order valence-corrected chi connectivity index (χ3v) is 5.44. The molecule has 0 aliphatic rings. The zero-order chi connectivity index (χ0) is 24.1. The molecule has 1 rings (SSSR count). The topological polar surface area (TPSA) is 157 Å². The van der Waals surface area contributed by atoms with Crippen LogP contribution >= 0.6 is 0 Å². The highest BCUT2D eigenvalue weighted by atomic mass is 32.2. The van der Waals surface area contributed by atoms with Crippen LogP contribution in [0.15, 0.2) is 12.1 Å². The molecule has 1 atom stereocenters. The number of ether oxygens (including phenoxy) is 2. The Balaban J connectivity index is 2.76. The molecule has 11 nitrogen and oxygen atoms in total. The van der Waals surface area contributed by atoms with E-state index in [0.717, 1.165) is 6.42 Å². The van der Waals surface area contributed by atoms with Crippen LogP contribution in [0.5, 0.6) is 11.5 Å². The smallest absolute Gasteiger partial charge is 0.278 e. The fraction of sp³-hybridized carbons (Fsp3) is 0.650. The summed E-state index contributed by atoms with van der Waals surface area (Å²) in [4.78, 5) is 22.8. The number of amides is 1. The summed E-state index contributed by atoms with van der Waals surface area (Å²) in [5, 5.41) is 17.5. The Bertz CT molecular complexity index is 861. The molecule has 12 heteroatoms. The fourth-order valence-corrected chi connectivity index (χ4v) is 3.52. The van der Waals surface area contributed by atoms with E-state index in [0.29, 0.717) is 43.7 Å². The number of hydrogen-bond acceptors (Lipinski definition) is 8. The lowest BCUT2D eigenvalue weighted by Gasteiger charge is -2.17. The van der Waals surface area contributed by atoms with E-state index in [-0.39, 0.29) is 36.1 Å². The first-order chi connectivity index (χ1) is 15.1. The number of hydrogen-bond donors (Lipinski definition) is 3. The average Bonchev–Trinajstić information content (AvgIpc) is 2.73. The maximum Gasteiger partial charge on any atom is 0.278 e. The standard InChI is InChI=1S/C20H33N3O8S/c1-4-9-22-20(24)8-7-11-31-19-14-17(23(25)26)16(13-18(19)30-3)15(2)21-10-5-6-12-32(27,28)29/h13-15,21H,4-12H2,1-3H3,(H,22,24)(H,27,28,29). The molecule has 0 fully saturated rings. The number of nitrogens with zero attached hydrogens (tertiary/aromatic N) is 1. The van der Waals surface area contributed by atoms with Gasteiger partial charge in [-0.3, -0.25) is 19.5 Å². The van der Waals surface area contributed by atoms with E-state index in [1.807, 2.05) is 6.92 Å². The van der Waals surface area contributed by atoms with Crippen molar-refractivity contribution in [3.05, 3.63) is 27.8 Å². The molecule has 1 amide bonds. The van der Waals surface area contributed by atoms with Crippen LogP contribution in [0.25, 0.3) is 0 Å². The Labute approximate surface area is 188 Å². The zero-order valence-electron chi connectivity index (χ0n) is 18.8. The van der Waals surface area contributed by atoms with Gasteiger partial charge in [-0.2, -0.15) is 8.42 Å². The van der Waals surface area contributed by atoms with Crippen molar-refractivity contribution >= 4 is 21.7 Å². The number of rotatable bonds is 16. The Hall–Kier alpha value is -2.44. The summed E-state index contributed by atoms with van der Waals surface area (Å²) in [7, 11) is -2.56. The summed E-state index contributed by atoms with van der Waals surface area (Å²) >= 11 is 0. The summed E-state index contributed by atoms with van der Waals surface area (Å²) in [5.74, 6) is 0.155. The lowest BCUT2D eigenvalue weighted by Crippen LogP contribution is -2.24. The van der Waals surface area contributed by atoms with Gasteiger partial charge in [0.2, 0.25) is 5.91 Å². The van der Waals surface area contributed by atoms with Crippen molar-refractivity contribution < 1.29 is 32.2 Å². The van der Waals surface area contributed by atoms with Gasteiger partial charge in [-0.15, -0.1) is 0 Å². The Morgan fingerprint density at radius 3 is 2.53 bits per heavy atom. The highest BCUT2D eigenvalue weighted by Gasteiger charge is 2.23. The van der Waals surface area contributed by atoms with Crippen molar-refractivity contribution in [1.82, 2.24) is 10.6 Å². The molecule has 182 valence electrons. The van der Waals surface area contributed by atoms with Gasteiger partial charge in [-0.1, -0.05) is 6.92 Å². The van der Waals surface area contributed by atoms with Crippen LogP contribution in [0, 0.1) is 10.1 Å². The van der Waals surface area contributed by atoms with Crippen molar-refractivity contribution in [3.63, 3.8) is 0 Å². The maximum atomic E-state index is 11.6. The molecular weight excluding hydrogens is 442 g/mol. The van der Waals surface area contributed by atoms with Gasteiger partial charge >= 0.3 is 0 Å². The molecule has 0 aliphatic carbocycles. The largest absolute Gasteiger partial charge is 0.493 e. The summed E-state index contributed by atoms with van der Waals surface area (Å²) in [6.07, 6.45) is 2.35. The minimum atomic E-state index is -4.00. The number of unbranched alkanes of at least 4 members (excludes halogenated alkanes) is 1. The Kier molecular flexibility index (Phi) is 12.0. The van der Waals surface area contributed by atoms with Gasteiger partial charge in [0, 0.05) is 19.0 Å². The van der Waals surface area contributed by atoms with E-state index in [1.54, 1.807) is 6.92 Å². The summed E-state index contributed by atoms with van der Waals surface area (Å²) < 4.78 is 41.2. The quantitative estimate of drug-likeness (QED) is 0.141. The summed E-state index contributed by atoms with van der Waals surface area (Å²) in [5.41, 5.74) is 0.257. The van der Waals surface area contributed by atoms with Crippen LogP contribution in [0.3, 0.4) is 0 Å².